The predicted molar refractivity (Wildman–Crippen MR) is 146 cm³/mol. The number of benzene rings is 4. The zero-order valence-corrected chi connectivity index (χ0v) is 20.0. The Morgan fingerprint density at radius 1 is 0.514 bits per heavy atom. The van der Waals surface area contributed by atoms with Crippen molar-refractivity contribution in [2.24, 2.45) is 0 Å². The molecule has 0 unspecified atom stereocenters. The van der Waals surface area contributed by atoms with Crippen molar-refractivity contribution in [1.82, 2.24) is 9.78 Å². The van der Waals surface area contributed by atoms with Crippen molar-refractivity contribution in [2.75, 3.05) is 0 Å². The van der Waals surface area contributed by atoms with E-state index in [2.05, 4.69) is 120 Å². The summed E-state index contributed by atoms with van der Waals surface area (Å²) in [5.41, 5.74) is 9.78. The lowest BCUT2D eigenvalue weighted by Gasteiger charge is -2.23. The Morgan fingerprint density at radius 2 is 1.03 bits per heavy atom. The summed E-state index contributed by atoms with van der Waals surface area (Å²) >= 11 is 0. The minimum atomic E-state index is 0.528. The van der Waals surface area contributed by atoms with Gasteiger partial charge in [-0.05, 0) is 42.0 Å². The Bertz CT molecular complexity index is 1380. The molecule has 0 spiro atoms. The standard InChI is InChI=1S/C33H30N2/c1-5-13-25(14-6-1)26-21-23-28(24-22-26)32-31(27-15-7-2-8-16-27)33(29-17-9-3-10-18-29)35(34-32)30-19-11-4-12-20-30/h1,3-6,9-14,17-24,27H,2,7-8,15-16H2. The fourth-order valence-electron chi connectivity index (χ4n) is 5.50. The van der Waals surface area contributed by atoms with Crippen LogP contribution in [0.25, 0.3) is 39.3 Å². The predicted octanol–water partition coefficient (Wildman–Crippen LogP) is 8.92. The Kier molecular flexibility index (Phi) is 6.02. The van der Waals surface area contributed by atoms with Crippen LogP contribution in [0.1, 0.15) is 43.6 Å². The molecule has 0 N–H and O–H groups in total. The quantitative estimate of drug-likeness (QED) is 0.259. The average Bonchev–Trinajstić information content (AvgIpc) is 3.36. The fourth-order valence-corrected chi connectivity index (χ4v) is 5.50. The smallest absolute Gasteiger partial charge is 0.0969 e. The molecule has 0 radical (unpaired) electrons. The van der Waals surface area contributed by atoms with E-state index in [1.54, 1.807) is 0 Å². The maximum atomic E-state index is 5.32. The SMILES string of the molecule is c1ccc(-c2ccc(-c3nn(-c4ccccc4)c(-c4ccccc4)c3C3CCCCC3)cc2)cc1. The summed E-state index contributed by atoms with van der Waals surface area (Å²) in [5.74, 6) is 0.528. The molecule has 0 bridgehead atoms. The van der Waals surface area contributed by atoms with E-state index in [-0.39, 0.29) is 0 Å². The Morgan fingerprint density at radius 3 is 1.66 bits per heavy atom. The largest absolute Gasteiger partial charge is 0.232 e. The molecule has 1 aliphatic carbocycles. The highest BCUT2D eigenvalue weighted by Crippen LogP contribution is 2.44. The number of para-hydroxylation sites is 1. The monoisotopic (exact) mass is 454 g/mol. The first-order valence-corrected chi connectivity index (χ1v) is 12.8. The molecule has 35 heavy (non-hydrogen) atoms. The number of aromatic nitrogens is 2. The molecule has 2 nitrogen and oxygen atoms in total. The van der Waals surface area contributed by atoms with Crippen molar-refractivity contribution in [3.8, 4) is 39.3 Å². The molecule has 172 valence electrons. The summed E-state index contributed by atoms with van der Waals surface area (Å²) in [5, 5.41) is 5.32. The van der Waals surface area contributed by atoms with Crippen LogP contribution >= 0.6 is 0 Å². The lowest BCUT2D eigenvalue weighted by atomic mass is 9.81. The highest BCUT2D eigenvalue weighted by molar-refractivity contribution is 5.78. The zero-order chi connectivity index (χ0) is 23.5. The molecule has 6 rings (SSSR count). The van der Waals surface area contributed by atoms with Crippen LogP contribution < -0.4 is 0 Å². The van der Waals surface area contributed by atoms with Gasteiger partial charge in [-0.2, -0.15) is 5.10 Å². The third-order valence-electron chi connectivity index (χ3n) is 7.25. The second-order valence-electron chi connectivity index (χ2n) is 9.50. The maximum absolute atomic E-state index is 5.32. The van der Waals surface area contributed by atoms with E-state index in [1.807, 2.05) is 0 Å². The lowest BCUT2D eigenvalue weighted by molar-refractivity contribution is 0.445. The van der Waals surface area contributed by atoms with Gasteiger partial charge in [0.15, 0.2) is 0 Å². The van der Waals surface area contributed by atoms with Crippen LogP contribution in [0.4, 0.5) is 0 Å². The van der Waals surface area contributed by atoms with Crippen LogP contribution in [0.15, 0.2) is 115 Å². The summed E-state index contributed by atoms with van der Waals surface area (Å²) in [4.78, 5) is 0. The Labute approximate surface area is 207 Å². The van der Waals surface area contributed by atoms with Gasteiger partial charge in [-0.1, -0.05) is 122 Å². The van der Waals surface area contributed by atoms with E-state index in [9.17, 15) is 0 Å². The first kappa shape index (κ1) is 21.6. The topological polar surface area (TPSA) is 17.8 Å². The maximum Gasteiger partial charge on any atom is 0.0969 e. The van der Waals surface area contributed by atoms with Gasteiger partial charge in [0.2, 0.25) is 0 Å². The average molecular weight is 455 g/mol. The van der Waals surface area contributed by atoms with Crippen molar-refractivity contribution >= 4 is 0 Å². The number of hydrogen-bond acceptors (Lipinski definition) is 1. The summed E-state index contributed by atoms with van der Waals surface area (Å²) in [6.07, 6.45) is 6.39. The molecule has 0 saturated heterocycles. The fraction of sp³-hybridized carbons (Fsp3) is 0.182. The second kappa shape index (κ2) is 9.76. The molecule has 4 aromatic carbocycles. The number of nitrogens with zero attached hydrogens (tertiary/aromatic N) is 2. The minimum absolute atomic E-state index is 0.528. The molecule has 1 heterocycles. The first-order valence-electron chi connectivity index (χ1n) is 12.8. The summed E-state index contributed by atoms with van der Waals surface area (Å²) in [6, 6.07) is 41.0. The van der Waals surface area contributed by atoms with Gasteiger partial charge >= 0.3 is 0 Å². The van der Waals surface area contributed by atoms with Crippen molar-refractivity contribution in [2.45, 2.75) is 38.0 Å². The van der Waals surface area contributed by atoms with E-state index in [0.717, 1.165) is 11.4 Å². The van der Waals surface area contributed by atoms with E-state index in [4.69, 9.17) is 5.10 Å². The molecule has 1 saturated carbocycles. The molecule has 1 fully saturated rings. The third-order valence-corrected chi connectivity index (χ3v) is 7.25. The second-order valence-corrected chi connectivity index (χ2v) is 9.50. The van der Waals surface area contributed by atoms with Crippen molar-refractivity contribution in [1.29, 1.82) is 0 Å². The Hall–Kier alpha value is -3.91. The van der Waals surface area contributed by atoms with Gasteiger partial charge in [0.05, 0.1) is 17.1 Å². The summed E-state index contributed by atoms with van der Waals surface area (Å²) < 4.78 is 2.18. The summed E-state index contributed by atoms with van der Waals surface area (Å²) in [6.45, 7) is 0. The van der Waals surface area contributed by atoms with Crippen molar-refractivity contribution in [3.05, 3.63) is 121 Å². The van der Waals surface area contributed by atoms with Crippen LogP contribution in [-0.4, -0.2) is 9.78 Å². The molecule has 1 aromatic heterocycles. The molecule has 0 atom stereocenters. The van der Waals surface area contributed by atoms with Gasteiger partial charge in [0.1, 0.15) is 0 Å². The minimum Gasteiger partial charge on any atom is -0.232 e. The van der Waals surface area contributed by atoms with E-state index >= 15 is 0 Å². The molecular weight excluding hydrogens is 424 g/mol. The van der Waals surface area contributed by atoms with Crippen LogP contribution in [-0.2, 0) is 0 Å². The molecule has 1 aliphatic rings. The van der Waals surface area contributed by atoms with Gasteiger partial charge in [-0.25, -0.2) is 4.68 Å². The van der Waals surface area contributed by atoms with Crippen molar-refractivity contribution in [3.63, 3.8) is 0 Å². The van der Waals surface area contributed by atoms with Gasteiger partial charge < -0.3 is 0 Å². The van der Waals surface area contributed by atoms with Gasteiger partial charge in [0, 0.05) is 16.7 Å². The van der Waals surface area contributed by atoms with E-state index in [1.165, 1.54) is 65.6 Å². The highest BCUT2D eigenvalue weighted by Gasteiger charge is 2.28. The molecular formula is C33H30N2. The molecule has 5 aromatic rings. The molecule has 2 heteroatoms. The zero-order valence-electron chi connectivity index (χ0n) is 20.0. The first-order chi connectivity index (χ1) is 17.4. The van der Waals surface area contributed by atoms with Gasteiger partial charge in [0.25, 0.3) is 0 Å². The number of rotatable bonds is 5. The van der Waals surface area contributed by atoms with E-state index in [0.29, 0.717) is 5.92 Å². The molecule has 0 aliphatic heterocycles. The number of hydrogen-bond donors (Lipinski definition) is 0. The van der Waals surface area contributed by atoms with Gasteiger partial charge in [-0.15, -0.1) is 0 Å². The third kappa shape index (κ3) is 4.33. The normalized spacial score (nSPS) is 14.2. The van der Waals surface area contributed by atoms with E-state index < -0.39 is 0 Å². The Balaban J connectivity index is 1.55. The van der Waals surface area contributed by atoms with Crippen LogP contribution in [0.5, 0.6) is 0 Å². The van der Waals surface area contributed by atoms with Crippen LogP contribution in [0.2, 0.25) is 0 Å². The van der Waals surface area contributed by atoms with Crippen LogP contribution in [0, 0.1) is 0 Å². The molecule has 0 amide bonds. The van der Waals surface area contributed by atoms with Crippen molar-refractivity contribution < 1.29 is 0 Å². The highest BCUT2D eigenvalue weighted by atomic mass is 15.3. The lowest BCUT2D eigenvalue weighted by Crippen LogP contribution is -2.07. The summed E-state index contributed by atoms with van der Waals surface area (Å²) in [7, 11) is 0. The van der Waals surface area contributed by atoms with Gasteiger partial charge in [-0.3, -0.25) is 0 Å². The van der Waals surface area contributed by atoms with Crippen LogP contribution in [0.3, 0.4) is 0 Å².